The number of hydrogen-bond acceptors (Lipinski definition) is 2. The molecule has 19 heavy (non-hydrogen) atoms. The van der Waals surface area contributed by atoms with Crippen molar-refractivity contribution in [3.63, 3.8) is 0 Å². The van der Waals surface area contributed by atoms with Gasteiger partial charge in [0, 0.05) is 18.5 Å². The Balaban J connectivity index is 2.13. The summed E-state index contributed by atoms with van der Waals surface area (Å²) in [7, 11) is 1.77. The van der Waals surface area contributed by atoms with E-state index < -0.39 is 0 Å². The minimum Gasteiger partial charge on any atom is -0.496 e. The summed E-state index contributed by atoms with van der Waals surface area (Å²) >= 11 is 0. The molecule has 0 aliphatic heterocycles. The number of para-hydroxylation sites is 1. The summed E-state index contributed by atoms with van der Waals surface area (Å²) in [4.78, 5) is 0. The lowest BCUT2D eigenvalue weighted by atomic mass is 9.84. The number of nitrogens with one attached hydrogen (secondary N) is 1. The third-order valence-corrected chi connectivity index (χ3v) is 4.17. The summed E-state index contributed by atoms with van der Waals surface area (Å²) in [6, 6.07) is 9.26. The van der Waals surface area contributed by atoms with Crippen LogP contribution in [-0.4, -0.2) is 19.7 Å². The molecule has 2 atom stereocenters. The normalized spacial score (nSPS) is 18.1. The topological polar surface area (TPSA) is 21.3 Å². The molecule has 1 N–H and O–H groups in total. The molecule has 2 heteroatoms. The van der Waals surface area contributed by atoms with Gasteiger partial charge in [0.1, 0.15) is 5.75 Å². The van der Waals surface area contributed by atoms with Crippen LogP contribution in [-0.2, 0) is 0 Å². The van der Waals surface area contributed by atoms with Gasteiger partial charge >= 0.3 is 0 Å². The molecule has 2 nitrogen and oxygen atoms in total. The predicted octanol–water partition coefficient (Wildman–Crippen LogP) is 3.97. The quantitative estimate of drug-likeness (QED) is 0.764. The van der Waals surface area contributed by atoms with Gasteiger partial charge < -0.3 is 10.1 Å². The first-order valence-corrected chi connectivity index (χ1v) is 7.62. The monoisotopic (exact) mass is 261 g/mol. The van der Waals surface area contributed by atoms with Crippen LogP contribution in [0.25, 0.3) is 0 Å². The van der Waals surface area contributed by atoms with Gasteiger partial charge in [-0.15, -0.1) is 0 Å². The molecular weight excluding hydrogens is 234 g/mol. The van der Waals surface area contributed by atoms with Crippen molar-refractivity contribution in [1.82, 2.24) is 5.32 Å². The first kappa shape index (κ1) is 14.4. The minimum atomic E-state index is 0.552. The lowest BCUT2D eigenvalue weighted by molar-refractivity contribution is 0.369. The van der Waals surface area contributed by atoms with Crippen LogP contribution in [0, 0.1) is 5.92 Å². The maximum absolute atomic E-state index is 5.55. The van der Waals surface area contributed by atoms with Crippen LogP contribution in [0.5, 0.6) is 5.75 Å². The van der Waals surface area contributed by atoms with E-state index in [1.807, 2.05) is 0 Å². The number of rotatable bonds is 8. The summed E-state index contributed by atoms with van der Waals surface area (Å²) in [5, 5.41) is 3.69. The highest BCUT2D eigenvalue weighted by atomic mass is 16.5. The van der Waals surface area contributed by atoms with Crippen LogP contribution in [0.1, 0.15) is 51.0 Å². The van der Waals surface area contributed by atoms with E-state index in [9.17, 15) is 0 Å². The van der Waals surface area contributed by atoms with E-state index in [2.05, 4.69) is 43.4 Å². The lowest BCUT2D eigenvalue weighted by Gasteiger charge is -2.26. The summed E-state index contributed by atoms with van der Waals surface area (Å²) in [5.74, 6) is 2.28. The molecule has 1 saturated carbocycles. The first-order chi connectivity index (χ1) is 9.26. The maximum atomic E-state index is 5.55. The first-order valence-electron chi connectivity index (χ1n) is 7.62. The second kappa shape index (κ2) is 6.95. The van der Waals surface area contributed by atoms with Gasteiger partial charge in [-0.05, 0) is 30.4 Å². The molecule has 0 aromatic heterocycles. The van der Waals surface area contributed by atoms with Crippen molar-refractivity contribution in [2.75, 3.05) is 13.7 Å². The van der Waals surface area contributed by atoms with Gasteiger partial charge in [0.25, 0.3) is 0 Å². The van der Waals surface area contributed by atoms with Crippen molar-refractivity contribution in [3.8, 4) is 5.75 Å². The number of benzene rings is 1. The largest absolute Gasteiger partial charge is 0.496 e. The van der Waals surface area contributed by atoms with Gasteiger partial charge in [0.05, 0.1) is 7.11 Å². The summed E-state index contributed by atoms with van der Waals surface area (Å²) in [6.07, 6.45) is 5.22. The van der Waals surface area contributed by atoms with E-state index in [1.165, 1.54) is 31.2 Å². The zero-order valence-corrected chi connectivity index (χ0v) is 12.5. The fourth-order valence-electron chi connectivity index (χ4n) is 2.83. The summed E-state index contributed by atoms with van der Waals surface area (Å²) in [5.41, 5.74) is 1.36. The van der Waals surface area contributed by atoms with Crippen molar-refractivity contribution in [3.05, 3.63) is 29.8 Å². The predicted molar refractivity (Wildman–Crippen MR) is 80.8 cm³/mol. The highest BCUT2D eigenvalue weighted by molar-refractivity contribution is 5.36. The Hall–Kier alpha value is -1.02. The highest BCUT2D eigenvalue weighted by Gasteiger charge is 2.26. The van der Waals surface area contributed by atoms with Crippen molar-refractivity contribution in [2.45, 2.75) is 51.5 Å². The van der Waals surface area contributed by atoms with Gasteiger partial charge in [-0.2, -0.15) is 0 Å². The molecule has 1 aromatic carbocycles. The van der Waals surface area contributed by atoms with Gasteiger partial charge in [-0.25, -0.2) is 0 Å². The van der Waals surface area contributed by atoms with Crippen molar-refractivity contribution < 1.29 is 4.74 Å². The zero-order valence-electron chi connectivity index (χ0n) is 12.5. The van der Waals surface area contributed by atoms with Gasteiger partial charge in [0.2, 0.25) is 0 Å². The third kappa shape index (κ3) is 3.97. The Kier molecular flexibility index (Phi) is 5.26. The molecule has 0 bridgehead atoms. The average Bonchev–Trinajstić information content (AvgIpc) is 3.24. The fourth-order valence-corrected chi connectivity index (χ4v) is 2.83. The molecule has 1 fully saturated rings. The van der Waals surface area contributed by atoms with Crippen LogP contribution in [0.2, 0.25) is 0 Å². The Bertz CT molecular complexity index is 387. The van der Waals surface area contributed by atoms with Gasteiger partial charge in [-0.3, -0.25) is 0 Å². The fraction of sp³-hybridized carbons (Fsp3) is 0.647. The Morgan fingerprint density at radius 2 is 2.05 bits per heavy atom. The van der Waals surface area contributed by atoms with E-state index >= 15 is 0 Å². The third-order valence-electron chi connectivity index (χ3n) is 4.17. The van der Waals surface area contributed by atoms with Crippen LogP contribution >= 0.6 is 0 Å². The van der Waals surface area contributed by atoms with Crippen molar-refractivity contribution >= 4 is 0 Å². The molecule has 1 aliphatic carbocycles. The molecule has 0 saturated heterocycles. The maximum Gasteiger partial charge on any atom is 0.122 e. The molecule has 0 amide bonds. The van der Waals surface area contributed by atoms with Gasteiger partial charge in [0.15, 0.2) is 0 Å². The number of hydrogen-bond donors (Lipinski definition) is 1. The summed E-state index contributed by atoms with van der Waals surface area (Å²) < 4.78 is 5.55. The SMILES string of the molecule is CCCC(C)C(CNC1CC1)c1ccccc1OC. The van der Waals surface area contributed by atoms with Crippen LogP contribution in [0.15, 0.2) is 24.3 Å². The summed E-state index contributed by atoms with van der Waals surface area (Å²) in [6.45, 7) is 5.71. The molecule has 0 radical (unpaired) electrons. The standard InChI is InChI=1S/C17H27NO/c1-4-7-13(2)16(12-18-14-10-11-14)15-8-5-6-9-17(15)19-3/h5-6,8-9,13-14,16,18H,4,7,10-12H2,1-3H3. The van der Waals surface area contributed by atoms with Crippen LogP contribution in [0.4, 0.5) is 0 Å². The highest BCUT2D eigenvalue weighted by Crippen LogP contribution is 2.34. The Labute approximate surface area is 117 Å². The minimum absolute atomic E-state index is 0.552. The molecule has 1 aliphatic rings. The number of ether oxygens (including phenoxy) is 1. The Morgan fingerprint density at radius 1 is 1.32 bits per heavy atom. The molecular formula is C17H27NO. The van der Waals surface area contributed by atoms with Crippen molar-refractivity contribution in [2.24, 2.45) is 5.92 Å². The second-order valence-electron chi connectivity index (χ2n) is 5.80. The smallest absolute Gasteiger partial charge is 0.122 e. The van der Waals surface area contributed by atoms with Crippen molar-refractivity contribution in [1.29, 1.82) is 0 Å². The molecule has 1 aromatic rings. The van der Waals surface area contributed by atoms with E-state index in [0.717, 1.165) is 18.3 Å². The van der Waals surface area contributed by atoms with Crippen LogP contribution < -0.4 is 10.1 Å². The van der Waals surface area contributed by atoms with Crippen LogP contribution in [0.3, 0.4) is 0 Å². The van der Waals surface area contributed by atoms with E-state index in [0.29, 0.717) is 11.8 Å². The molecule has 0 heterocycles. The Morgan fingerprint density at radius 3 is 2.68 bits per heavy atom. The van der Waals surface area contributed by atoms with E-state index in [1.54, 1.807) is 7.11 Å². The number of methoxy groups -OCH3 is 1. The molecule has 2 unspecified atom stereocenters. The average molecular weight is 261 g/mol. The zero-order chi connectivity index (χ0) is 13.7. The van der Waals surface area contributed by atoms with Gasteiger partial charge in [-0.1, -0.05) is 44.9 Å². The molecule has 2 rings (SSSR count). The van der Waals surface area contributed by atoms with E-state index in [4.69, 9.17) is 4.74 Å². The second-order valence-corrected chi connectivity index (χ2v) is 5.80. The molecule has 106 valence electrons. The molecule has 0 spiro atoms. The lowest BCUT2D eigenvalue weighted by Crippen LogP contribution is -2.27. The van der Waals surface area contributed by atoms with E-state index in [-0.39, 0.29) is 0 Å².